The Balaban J connectivity index is 1.71. The van der Waals surface area contributed by atoms with Crippen LogP contribution in [0.15, 0.2) is 72.3 Å². The van der Waals surface area contributed by atoms with Crippen molar-refractivity contribution in [3.05, 3.63) is 89.0 Å². The molecular formula is C29H29NO3. The highest BCUT2D eigenvalue weighted by molar-refractivity contribution is 6.46. The fourth-order valence-corrected chi connectivity index (χ4v) is 5.38. The van der Waals surface area contributed by atoms with Crippen molar-refractivity contribution < 1.29 is 14.7 Å². The molecule has 5 rings (SSSR count). The van der Waals surface area contributed by atoms with E-state index in [0.29, 0.717) is 11.5 Å². The van der Waals surface area contributed by atoms with Gasteiger partial charge in [0.2, 0.25) is 0 Å². The maximum Gasteiger partial charge on any atom is 0.295 e. The van der Waals surface area contributed by atoms with Gasteiger partial charge in [0, 0.05) is 11.6 Å². The number of ketones is 1. The largest absolute Gasteiger partial charge is 0.507 e. The molecule has 33 heavy (non-hydrogen) atoms. The number of hydrogen-bond acceptors (Lipinski definition) is 3. The van der Waals surface area contributed by atoms with E-state index in [1.807, 2.05) is 54.6 Å². The van der Waals surface area contributed by atoms with Crippen molar-refractivity contribution >= 4 is 28.2 Å². The standard InChI is InChI=1S/C29H29NO3/c1-18(2)19-14-16-21(17-15-19)26-25(28(32)29(33)30(26)22-10-4-5-11-22)27(31)24-13-7-9-20-8-3-6-12-23(20)24/h3,6-9,12-18,22,26,31H,4-5,10-11H2,1-2H3/b27-25-. The number of fused-ring (bicyclic) bond motifs is 1. The van der Waals surface area contributed by atoms with E-state index in [1.165, 1.54) is 5.56 Å². The summed E-state index contributed by atoms with van der Waals surface area (Å²) < 4.78 is 0. The highest BCUT2D eigenvalue weighted by Gasteiger charge is 2.49. The first kappa shape index (κ1) is 21.4. The van der Waals surface area contributed by atoms with Gasteiger partial charge in [-0.15, -0.1) is 0 Å². The van der Waals surface area contributed by atoms with Gasteiger partial charge in [-0.2, -0.15) is 0 Å². The second-order valence-corrected chi connectivity index (χ2v) is 9.49. The van der Waals surface area contributed by atoms with E-state index in [9.17, 15) is 14.7 Å². The van der Waals surface area contributed by atoms with Crippen molar-refractivity contribution in [2.45, 2.75) is 57.5 Å². The van der Waals surface area contributed by atoms with Crippen LogP contribution in [0.5, 0.6) is 0 Å². The number of rotatable bonds is 4. The van der Waals surface area contributed by atoms with Gasteiger partial charge >= 0.3 is 0 Å². The van der Waals surface area contributed by atoms with Crippen molar-refractivity contribution in [3.8, 4) is 0 Å². The summed E-state index contributed by atoms with van der Waals surface area (Å²) in [5.74, 6) is -0.800. The third-order valence-electron chi connectivity index (χ3n) is 7.16. The molecule has 1 heterocycles. The Bertz CT molecular complexity index is 1240. The highest BCUT2D eigenvalue weighted by atomic mass is 16.3. The molecule has 2 aliphatic rings. The van der Waals surface area contributed by atoms with E-state index in [-0.39, 0.29) is 17.4 Å². The lowest BCUT2D eigenvalue weighted by Gasteiger charge is -2.31. The van der Waals surface area contributed by atoms with E-state index < -0.39 is 17.7 Å². The van der Waals surface area contributed by atoms with E-state index >= 15 is 0 Å². The molecule has 1 atom stereocenters. The van der Waals surface area contributed by atoms with Crippen molar-refractivity contribution in [2.75, 3.05) is 0 Å². The second kappa shape index (κ2) is 8.51. The molecule has 1 aliphatic heterocycles. The van der Waals surface area contributed by atoms with Crippen LogP contribution >= 0.6 is 0 Å². The molecule has 4 heteroatoms. The van der Waals surface area contributed by atoms with Gasteiger partial charge < -0.3 is 10.0 Å². The number of nitrogens with zero attached hydrogens (tertiary/aromatic N) is 1. The Morgan fingerprint density at radius 2 is 1.58 bits per heavy atom. The third kappa shape index (κ3) is 3.64. The maximum atomic E-state index is 13.4. The number of amides is 1. The van der Waals surface area contributed by atoms with Crippen LogP contribution in [0.1, 0.15) is 68.2 Å². The SMILES string of the molecule is CC(C)c1ccc(C2/C(=C(/O)c3cccc4ccccc34)C(=O)C(=O)N2C2CCCC2)cc1. The van der Waals surface area contributed by atoms with Crippen LogP contribution in [0.3, 0.4) is 0 Å². The highest BCUT2D eigenvalue weighted by Crippen LogP contribution is 2.44. The first-order chi connectivity index (χ1) is 16.0. The molecule has 0 aromatic heterocycles. The molecule has 0 bridgehead atoms. The lowest BCUT2D eigenvalue weighted by Crippen LogP contribution is -2.37. The summed E-state index contributed by atoms with van der Waals surface area (Å²) >= 11 is 0. The Hall–Kier alpha value is -3.40. The summed E-state index contributed by atoms with van der Waals surface area (Å²) in [5, 5.41) is 13.4. The lowest BCUT2D eigenvalue weighted by atomic mass is 9.91. The fraction of sp³-hybridized carbons (Fsp3) is 0.310. The van der Waals surface area contributed by atoms with Gasteiger partial charge in [0.25, 0.3) is 11.7 Å². The van der Waals surface area contributed by atoms with Gasteiger partial charge in [-0.1, -0.05) is 93.4 Å². The van der Waals surface area contributed by atoms with Crippen LogP contribution in [-0.2, 0) is 9.59 Å². The number of carbonyl (C=O) groups is 2. The quantitative estimate of drug-likeness (QED) is 0.294. The van der Waals surface area contributed by atoms with E-state index in [0.717, 1.165) is 42.0 Å². The van der Waals surface area contributed by atoms with Crippen LogP contribution in [0.4, 0.5) is 0 Å². The molecule has 1 saturated heterocycles. The average Bonchev–Trinajstić information content (AvgIpc) is 3.45. The van der Waals surface area contributed by atoms with Gasteiger partial charge in [-0.25, -0.2) is 0 Å². The number of benzene rings is 3. The predicted octanol–water partition coefficient (Wildman–Crippen LogP) is 6.33. The zero-order valence-electron chi connectivity index (χ0n) is 19.1. The average molecular weight is 440 g/mol. The monoisotopic (exact) mass is 439 g/mol. The van der Waals surface area contributed by atoms with Gasteiger partial charge in [0.1, 0.15) is 5.76 Å². The first-order valence-corrected chi connectivity index (χ1v) is 11.9. The van der Waals surface area contributed by atoms with Gasteiger partial charge in [-0.05, 0) is 40.7 Å². The maximum absolute atomic E-state index is 13.4. The minimum Gasteiger partial charge on any atom is -0.507 e. The van der Waals surface area contributed by atoms with Crippen molar-refractivity contribution in [2.24, 2.45) is 0 Å². The van der Waals surface area contributed by atoms with Crippen LogP contribution in [0, 0.1) is 0 Å². The molecule has 1 amide bonds. The second-order valence-electron chi connectivity index (χ2n) is 9.49. The molecule has 168 valence electrons. The molecule has 2 fully saturated rings. The molecule has 1 saturated carbocycles. The Morgan fingerprint density at radius 1 is 0.909 bits per heavy atom. The molecule has 4 nitrogen and oxygen atoms in total. The molecule has 3 aromatic carbocycles. The van der Waals surface area contributed by atoms with E-state index in [2.05, 4.69) is 26.0 Å². The first-order valence-electron chi connectivity index (χ1n) is 11.9. The Kier molecular flexibility index (Phi) is 5.53. The van der Waals surface area contributed by atoms with E-state index in [4.69, 9.17) is 0 Å². The zero-order valence-corrected chi connectivity index (χ0v) is 19.1. The molecule has 3 aromatic rings. The van der Waals surface area contributed by atoms with Crippen LogP contribution in [-0.4, -0.2) is 27.7 Å². The molecule has 1 aliphatic carbocycles. The lowest BCUT2D eigenvalue weighted by molar-refractivity contribution is -0.141. The van der Waals surface area contributed by atoms with E-state index in [1.54, 1.807) is 4.90 Å². The zero-order chi connectivity index (χ0) is 23.1. The molecule has 1 unspecified atom stereocenters. The number of carbonyl (C=O) groups excluding carboxylic acids is 2. The Labute approximate surface area is 194 Å². The van der Waals surface area contributed by atoms with Crippen molar-refractivity contribution in [1.82, 2.24) is 4.90 Å². The number of hydrogen-bond donors (Lipinski definition) is 1. The molecule has 1 N–H and O–H groups in total. The van der Waals surface area contributed by atoms with Crippen LogP contribution in [0.2, 0.25) is 0 Å². The topological polar surface area (TPSA) is 57.6 Å². The van der Waals surface area contributed by atoms with Crippen LogP contribution in [0.25, 0.3) is 16.5 Å². The summed E-state index contributed by atoms with van der Waals surface area (Å²) in [6, 6.07) is 21.0. The smallest absolute Gasteiger partial charge is 0.295 e. The molecule has 0 radical (unpaired) electrons. The molecule has 0 spiro atoms. The predicted molar refractivity (Wildman–Crippen MR) is 131 cm³/mol. The van der Waals surface area contributed by atoms with Crippen molar-refractivity contribution in [1.29, 1.82) is 0 Å². The fourth-order valence-electron chi connectivity index (χ4n) is 5.38. The summed E-state index contributed by atoms with van der Waals surface area (Å²) in [7, 11) is 0. The number of Topliss-reactive ketones (excluding diaryl/α,β-unsaturated/α-hetero) is 1. The third-order valence-corrected chi connectivity index (χ3v) is 7.16. The van der Waals surface area contributed by atoms with Gasteiger partial charge in [0.15, 0.2) is 0 Å². The van der Waals surface area contributed by atoms with Gasteiger partial charge in [0.05, 0.1) is 11.6 Å². The van der Waals surface area contributed by atoms with Crippen LogP contribution < -0.4 is 0 Å². The summed E-state index contributed by atoms with van der Waals surface area (Å²) in [6.07, 6.45) is 3.88. The number of likely N-dealkylation sites (tertiary alicyclic amines) is 1. The normalized spacial score (nSPS) is 20.9. The summed E-state index contributed by atoms with van der Waals surface area (Å²) in [6.45, 7) is 4.28. The molecular weight excluding hydrogens is 410 g/mol. The number of aliphatic hydroxyl groups is 1. The summed E-state index contributed by atoms with van der Waals surface area (Å²) in [5.41, 5.74) is 2.85. The number of aliphatic hydroxyl groups excluding tert-OH is 1. The van der Waals surface area contributed by atoms with Gasteiger partial charge in [-0.3, -0.25) is 9.59 Å². The minimum atomic E-state index is -0.592. The Morgan fingerprint density at radius 3 is 2.27 bits per heavy atom. The summed E-state index contributed by atoms with van der Waals surface area (Å²) in [4.78, 5) is 28.4. The minimum absolute atomic E-state index is 0.0223. The van der Waals surface area contributed by atoms with Crippen molar-refractivity contribution in [3.63, 3.8) is 0 Å².